The van der Waals surface area contributed by atoms with Gasteiger partial charge in [-0.05, 0) is 30.0 Å². The summed E-state index contributed by atoms with van der Waals surface area (Å²) in [6.07, 6.45) is 0.821. The molecule has 4 nitrogen and oxygen atoms in total. The summed E-state index contributed by atoms with van der Waals surface area (Å²) < 4.78 is 0. The van der Waals surface area contributed by atoms with E-state index < -0.39 is 0 Å². The number of hydrogen-bond acceptors (Lipinski definition) is 3. The standard InChI is InChI=1S/C28H33N3O/c1-21-10-9-11-22(16-21)18-30-25-17-27(28(32)29-2)31(19-25)20-26(23-12-5-3-6-13-23)24-14-7-4-8-15-24/h3-16,25-27,30H,17-20H2,1-2H3,(H,29,32)/t25-,27+/m1/s1. The van der Waals surface area contributed by atoms with Crippen LogP contribution in [-0.4, -0.2) is 43.0 Å². The molecule has 4 rings (SSSR count). The number of rotatable bonds is 8. The Bertz CT molecular complexity index is 966. The van der Waals surface area contributed by atoms with Crippen LogP contribution in [-0.2, 0) is 11.3 Å². The first-order chi connectivity index (χ1) is 15.6. The molecule has 32 heavy (non-hydrogen) atoms. The quantitative estimate of drug-likeness (QED) is 0.569. The zero-order valence-corrected chi connectivity index (χ0v) is 19.0. The van der Waals surface area contributed by atoms with E-state index in [0.29, 0.717) is 0 Å². The topological polar surface area (TPSA) is 44.4 Å². The average molecular weight is 428 g/mol. The summed E-state index contributed by atoms with van der Waals surface area (Å²) in [5, 5.41) is 6.58. The van der Waals surface area contributed by atoms with E-state index in [1.165, 1.54) is 22.3 Å². The third-order valence-corrected chi connectivity index (χ3v) is 6.45. The van der Waals surface area contributed by atoms with Crippen LogP contribution in [0.15, 0.2) is 84.9 Å². The SMILES string of the molecule is CNC(=O)[C@@H]1C[C@@H](NCc2cccc(C)c2)CN1CC(c1ccccc1)c1ccccc1. The molecule has 0 spiro atoms. The molecule has 1 saturated heterocycles. The molecule has 0 radical (unpaired) electrons. The molecule has 1 amide bonds. The van der Waals surface area contributed by atoms with Crippen molar-refractivity contribution in [2.24, 2.45) is 0 Å². The van der Waals surface area contributed by atoms with Gasteiger partial charge in [-0.2, -0.15) is 0 Å². The van der Waals surface area contributed by atoms with Gasteiger partial charge in [-0.25, -0.2) is 0 Å². The summed E-state index contributed by atoms with van der Waals surface area (Å²) in [6, 6.07) is 30.0. The smallest absolute Gasteiger partial charge is 0.237 e. The van der Waals surface area contributed by atoms with Crippen molar-refractivity contribution in [1.29, 1.82) is 0 Å². The molecule has 0 aromatic heterocycles. The highest BCUT2D eigenvalue weighted by atomic mass is 16.2. The molecular formula is C28H33N3O. The number of carbonyl (C=O) groups is 1. The van der Waals surface area contributed by atoms with Crippen molar-refractivity contribution < 1.29 is 4.79 Å². The van der Waals surface area contributed by atoms with E-state index in [1.54, 1.807) is 7.05 Å². The minimum Gasteiger partial charge on any atom is -0.358 e. The molecule has 0 saturated carbocycles. The maximum atomic E-state index is 12.8. The molecule has 2 N–H and O–H groups in total. The number of likely N-dealkylation sites (tertiary alicyclic amines) is 1. The van der Waals surface area contributed by atoms with Gasteiger partial charge in [-0.3, -0.25) is 9.69 Å². The number of aryl methyl sites for hydroxylation is 1. The Hall–Kier alpha value is -2.95. The summed E-state index contributed by atoms with van der Waals surface area (Å²) in [7, 11) is 1.74. The van der Waals surface area contributed by atoms with Crippen LogP contribution >= 0.6 is 0 Å². The van der Waals surface area contributed by atoms with Crippen molar-refractivity contribution in [2.75, 3.05) is 20.1 Å². The Morgan fingerprint density at radius 3 is 2.22 bits per heavy atom. The molecule has 1 aliphatic heterocycles. The fraction of sp³-hybridized carbons (Fsp3) is 0.321. The van der Waals surface area contributed by atoms with Gasteiger partial charge < -0.3 is 10.6 Å². The fourth-order valence-corrected chi connectivity index (χ4v) is 4.79. The van der Waals surface area contributed by atoms with Crippen LogP contribution < -0.4 is 10.6 Å². The van der Waals surface area contributed by atoms with Crippen molar-refractivity contribution >= 4 is 5.91 Å². The molecule has 1 aliphatic rings. The molecule has 166 valence electrons. The van der Waals surface area contributed by atoms with E-state index in [0.717, 1.165) is 26.1 Å². The van der Waals surface area contributed by atoms with Crippen LogP contribution in [0.5, 0.6) is 0 Å². The van der Waals surface area contributed by atoms with Gasteiger partial charge in [-0.1, -0.05) is 90.5 Å². The summed E-state index contributed by atoms with van der Waals surface area (Å²) in [5.74, 6) is 0.324. The number of nitrogens with one attached hydrogen (secondary N) is 2. The third kappa shape index (κ3) is 5.45. The van der Waals surface area contributed by atoms with Crippen molar-refractivity contribution in [3.8, 4) is 0 Å². The molecule has 3 aromatic rings. The number of nitrogens with zero attached hydrogens (tertiary/aromatic N) is 1. The van der Waals surface area contributed by atoms with E-state index in [1.807, 2.05) is 0 Å². The van der Waals surface area contributed by atoms with Gasteiger partial charge in [0.05, 0.1) is 6.04 Å². The number of carbonyl (C=O) groups excluding carboxylic acids is 1. The zero-order chi connectivity index (χ0) is 22.3. The Morgan fingerprint density at radius 2 is 1.62 bits per heavy atom. The summed E-state index contributed by atoms with van der Waals surface area (Å²) >= 11 is 0. The van der Waals surface area contributed by atoms with Gasteiger partial charge in [0, 0.05) is 38.6 Å². The number of hydrogen-bond donors (Lipinski definition) is 2. The molecule has 2 atom stereocenters. The highest BCUT2D eigenvalue weighted by Gasteiger charge is 2.37. The molecule has 3 aromatic carbocycles. The molecule has 1 heterocycles. The van der Waals surface area contributed by atoms with E-state index in [2.05, 4.69) is 107 Å². The number of likely N-dealkylation sites (N-methyl/N-ethyl adjacent to an activating group) is 1. The maximum absolute atomic E-state index is 12.8. The second kappa shape index (κ2) is 10.6. The summed E-state index contributed by atoms with van der Waals surface area (Å²) in [4.78, 5) is 15.1. The van der Waals surface area contributed by atoms with Crippen molar-refractivity contribution in [2.45, 2.75) is 37.9 Å². The van der Waals surface area contributed by atoms with E-state index >= 15 is 0 Å². The van der Waals surface area contributed by atoms with Crippen LogP contribution in [0.4, 0.5) is 0 Å². The van der Waals surface area contributed by atoms with Gasteiger partial charge in [0.2, 0.25) is 5.91 Å². The van der Waals surface area contributed by atoms with Crippen LogP contribution in [0.25, 0.3) is 0 Å². The minimum atomic E-state index is -0.120. The van der Waals surface area contributed by atoms with Gasteiger partial charge in [0.15, 0.2) is 0 Å². The van der Waals surface area contributed by atoms with Gasteiger partial charge >= 0.3 is 0 Å². The molecule has 1 fully saturated rings. The molecule has 0 unspecified atom stereocenters. The first-order valence-corrected chi connectivity index (χ1v) is 11.5. The van der Waals surface area contributed by atoms with E-state index in [9.17, 15) is 4.79 Å². The Morgan fingerprint density at radius 1 is 0.969 bits per heavy atom. The van der Waals surface area contributed by atoms with Crippen LogP contribution in [0.3, 0.4) is 0 Å². The van der Waals surface area contributed by atoms with Gasteiger partial charge in [0.1, 0.15) is 0 Å². The van der Waals surface area contributed by atoms with Crippen LogP contribution in [0.2, 0.25) is 0 Å². The zero-order valence-electron chi connectivity index (χ0n) is 19.0. The second-order valence-electron chi connectivity index (χ2n) is 8.76. The highest BCUT2D eigenvalue weighted by molar-refractivity contribution is 5.81. The van der Waals surface area contributed by atoms with Gasteiger partial charge in [-0.15, -0.1) is 0 Å². The Kier molecular flexibility index (Phi) is 7.35. The predicted molar refractivity (Wildman–Crippen MR) is 131 cm³/mol. The largest absolute Gasteiger partial charge is 0.358 e. The lowest BCUT2D eigenvalue weighted by Crippen LogP contribution is -2.43. The summed E-state index contributed by atoms with van der Waals surface area (Å²) in [6.45, 7) is 4.62. The van der Waals surface area contributed by atoms with E-state index in [-0.39, 0.29) is 23.9 Å². The molecule has 0 aliphatic carbocycles. The minimum absolute atomic E-state index is 0.102. The first kappa shape index (κ1) is 22.3. The highest BCUT2D eigenvalue weighted by Crippen LogP contribution is 2.29. The average Bonchev–Trinajstić information content (AvgIpc) is 3.25. The third-order valence-electron chi connectivity index (χ3n) is 6.45. The Labute approximate surface area is 191 Å². The lowest BCUT2D eigenvalue weighted by Gasteiger charge is -2.28. The van der Waals surface area contributed by atoms with Crippen LogP contribution in [0.1, 0.15) is 34.6 Å². The van der Waals surface area contributed by atoms with Crippen molar-refractivity contribution in [3.05, 3.63) is 107 Å². The lowest BCUT2D eigenvalue weighted by molar-refractivity contribution is -0.125. The molecule has 0 bridgehead atoms. The number of benzene rings is 3. The molecular weight excluding hydrogens is 394 g/mol. The van der Waals surface area contributed by atoms with Crippen LogP contribution in [0, 0.1) is 6.92 Å². The normalized spacial score (nSPS) is 18.7. The monoisotopic (exact) mass is 427 g/mol. The lowest BCUT2D eigenvalue weighted by atomic mass is 9.90. The predicted octanol–water partition coefficient (Wildman–Crippen LogP) is 4.11. The number of amides is 1. The van der Waals surface area contributed by atoms with E-state index in [4.69, 9.17) is 0 Å². The first-order valence-electron chi connectivity index (χ1n) is 11.5. The maximum Gasteiger partial charge on any atom is 0.237 e. The van der Waals surface area contributed by atoms with Crippen molar-refractivity contribution in [3.63, 3.8) is 0 Å². The Balaban J connectivity index is 1.51. The molecule has 4 heteroatoms. The van der Waals surface area contributed by atoms with Crippen molar-refractivity contribution in [1.82, 2.24) is 15.5 Å². The summed E-state index contributed by atoms with van der Waals surface area (Å²) in [5.41, 5.74) is 5.12. The fourth-order valence-electron chi connectivity index (χ4n) is 4.79. The second-order valence-corrected chi connectivity index (χ2v) is 8.76. The van der Waals surface area contributed by atoms with Gasteiger partial charge in [0.25, 0.3) is 0 Å².